The molecule has 9 heteroatoms. The summed E-state index contributed by atoms with van der Waals surface area (Å²) in [4.78, 5) is 26.9. The van der Waals surface area contributed by atoms with Gasteiger partial charge in [0.25, 0.3) is 5.91 Å². The number of nitrogens with one attached hydrogen (secondary N) is 2. The van der Waals surface area contributed by atoms with Crippen LogP contribution in [-0.4, -0.2) is 40.1 Å². The number of hydrogen-bond acceptors (Lipinski definition) is 5. The summed E-state index contributed by atoms with van der Waals surface area (Å²) >= 11 is 1.25. The maximum atomic E-state index is 13.8. The fourth-order valence-electron chi connectivity index (χ4n) is 3.55. The maximum absolute atomic E-state index is 13.8. The topological polar surface area (TPSA) is 87.2 Å². The summed E-state index contributed by atoms with van der Waals surface area (Å²) < 4.78 is 13.8. The third kappa shape index (κ3) is 5.11. The molecule has 1 fully saturated rings. The zero-order valence-corrected chi connectivity index (χ0v) is 18.7. The molecule has 1 aliphatic rings. The molecule has 3 amide bonds. The highest BCUT2D eigenvalue weighted by Crippen LogP contribution is 2.30. The van der Waals surface area contributed by atoms with Gasteiger partial charge < -0.3 is 15.5 Å². The van der Waals surface area contributed by atoms with E-state index in [2.05, 4.69) is 20.8 Å². The molecule has 1 atom stereocenters. The van der Waals surface area contributed by atoms with Crippen molar-refractivity contribution in [1.82, 2.24) is 15.1 Å². The van der Waals surface area contributed by atoms with Crippen molar-refractivity contribution in [3.8, 4) is 0 Å². The Morgan fingerprint density at radius 1 is 1.06 bits per heavy atom. The van der Waals surface area contributed by atoms with E-state index in [4.69, 9.17) is 0 Å². The second-order valence-electron chi connectivity index (χ2n) is 7.94. The van der Waals surface area contributed by atoms with E-state index in [9.17, 15) is 14.0 Å². The van der Waals surface area contributed by atoms with Crippen molar-refractivity contribution in [2.45, 2.75) is 32.6 Å². The second kappa shape index (κ2) is 9.44. The highest BCUT2D eigenvalue weighted by atomic mass is 32.1. The van der Waals surface area contributed by atoms with Gasteiger partial charge in [-0.3, -0.25) is 4.79 Å². The van der Waals surface area contributed by atoms with Crippen molar-refractivity contribution < 1.29 is 14.0 Å². The monoisotopic (exact) mass is 453 g/mol. The van der Waals surface area contributed by atoms with Crippen LogP contribution in [0.2, 0.25) is 0 Å². The molecule has 1 unspecified atom stereocenters. The Hall–Kier alpha value is -3.33. The van der Waals surface area contributed by atoms with E-state index < -0.39 is 0 Å². The van der Waals surface area contributed by atoms with Crippen molar-refractivity contribution in [1.29, 1.82) is 0 Å². The van der Waals surface area contributed by atoms with Crippen LogP contribution in [0.3, 0.4) is 0 Å². The van der Waals surface area contributed by atoms with Crippen molar-refractivity contribution in [3.63, 3.8) is 0 Å². The van der Waals surface area contributed by atoms with Crippen LogP contribution in [0, 0.1) is 19.7 Å². The third-order valence-corrected chi connectivity index (χ3v) is 6.51. The Kier molecular flexibility index (Phi) is 6.45. The molecule has 7 nitrogen and oxygen atoms in total. The van der Waals surface area contributed by atoms with Crippen molar-refractivity contribution in [3.05, 3.63) is 69.4 Å². The molecule has 1 aliphatic heterocycles. The lowest BCUT2D eigenvalue weighted by atomic mass is 9.99. The number of benzene rings is 2. The van der Waals surface area contributed by atoms with Gasteiger partial charge in [-0.25, -0.2) is 9.18 Å². The van der Waals surface area contributed by atoms with Gasteiger partial charge in [0.1, 0.15) is 10.8 Å². The summed E-state index contributed by atoms with van der Waals surface area (Å²) in [6, 6.07) is 11.9. The van der Waals surface area contributed by atoms with Crippen LogP contribution in [-0.2, 0) is 0 Å². The van der Waals surface area contributed by atoms with Crippen LogP contribution in [0.4, 0.5) is 20.6 Å². The molecule has 0 saturated carbocycles. The highest BCUT2D eigenvalue weighted by molar-refractivity contribution is 7.13. The first-order chi connectivity index (χ1) is 15.4. The standard InChI is InChI=1S/C23H24FN5O2S/c1-14-5-8-17(9-6-14)25-20(30)22-28-27-21(32-22)16-4-3-11-29(13-16)23(31)26-18-10-7-15(2)19(24)12-18/h5-10,12,16H,3-4,11,13H2,1-2H3,(H,25,30)(H,26,31). The largest absolute Gasteiger partial charge is 0.324 e. The maximum Gasteiger partial charge on any atom is 0.321 e. The number of rotatable bonds is 4. The average Bonchev–Trinajstić information content (AvgIpc) is 3.28. The number of halogens is 1. The summed E-state index contributed by atoms with van der Waals surface area (Å²) in [5.74, 6) is -0.656. The van der Waals surface area contributed by atoms with Gasteiger partial charge in [0, 0.05) is 30.4 Å². The van der Waals surface area contributed by atoms with E-state index in [0.717, 1.165) is 23.4 Å². The number of piperidine rings is 1. The molecular formula is C23H24FN5O2S. The number of amides is 3. The Morgan fingerprint density at radius 3 is 2.56 bits per heavy atom. The van der Waals surface area contributed by atoms with E-state index in [0.29, 0.717) is 30.0 Å². The van der Waals surface area contributed by atoms with Gasteiger partial charge in [0.05, 0.1) is 0 Å². The van der Waals surface area contributed by atoms with Gasteiger partial charge in [0.2, 0.25) is 5.01 Å². The first-order valence-corrected chi connectivity index (χ1v) is 11.2. The molecule has 4 rings (SSSR count). The summed E-state index contributed by atoms with van der Waals surface area (Å²) in [7, 11) is 0. The predicted octanol–water partition coefficient (Wildman–Crippen LogP) is 4.96. The number of hydrogen-bond donors (Lipinski definition) is 2. The van der Waals surface area contributed by atoms with E-state index in [1.54, 1.807) is 24.0 Å². The van der Waals surface area contributed by atoms with Gasteiger partial charge in [-0.2, -0.15) is 0 Å². The summed E-state index contributed by atoms with van der Waals surface area (Å²) in [5, 5.41) is 14.9. The van der Waals surface area contributed by atoms with Gasteiger partial charge in [0.15, 0.2) is 0 Å². The SMILES string of the molecule is Cc1ccc(NC(=O)c2nnc(C3CCCN(C(=O)Nc4ccc(C)c(F)c4)C3)s2)cc1. The predicted molar refractivity (Wildman–Crippen MR) is 123 cm³/mol. The Labute approximate surface area is 189 Å². The van der Waals surface area contributed by atoms with Gasteiger partial charge in [-0.15, -0.1) is 10.2 Å². The third-order valence-electron chi connectivity index (χ3n) is 5.43. The van der Waals surface area contributed by atoms with E-state index in [-0.39, 0.29) is 28.7 Å². The minimum absolute atomic E-state index is 0.00248. The summed E-state index contributed by atoms with van der Waals surface area (Å²) in [5.41, 5.74) is 2.76. The molecule has 0 radical (unpaired) electrons. The lowest BCUT2D eigenvalue weighted by Crippen LogP contribution is -2.41. The summed E-state index contributed by atoms with van der Waals surface area (Å²) in [6.07, 6.45) is 1.67. The quantitative estimate of drug-likeness (QED) is 0.585. The zero-order valence-electron chi connectivity index (χ0n) is 17.9. The first kappa shape index (κ1) is 21.9. The molecule has 0 aliphatic carbocycles. The number of likely N-dealkylation sites (tertiary alicyclic amines) is 1. The molecule has 2 heterocycles. The van der Waals surface area contributed by atoms with Crippen LogP contribution in [0.1, 0.15) is 44.7 Å². The molecule has 1 saturated heterocycles. The number of anilines is 2. The number of aromatic nitrogens is 2. The molecule has 0 spiro atoms. The lowest BCUT2D eigenvalue weighted by molar-refractivity contribution is 0.102. The minimum atomic E-state index is -0.357. The highest BCUT2D eigenvalue weighted by Gasteiger charge is 2.28. The van der Waals surface area contributed by atoms with E-state index in [1.165, 1.54) is 17.4 Å². The number of carbonyl (C=O) groups is 2. The molecule has 32 heavy (non-hydrogen) atoms. The Morgan fingerprint density at radius 2 is 1.81 bits per heavy atom. The lowest BCUT2D eigenvalue weighted by Gasteiger charge is -2.31. The molecule has 2 N–H and O–H groups in total. The Bertz CT molecular complexity index is 1130. The van der Waals surface area contributed by atoms with Crippen LogP contribution >= 0.6 is 11.3 Å². The molecule has 2 aromatic carbocycles. The van der Waals surface area contributed by atoms with Crippen LogP contribution in [0.25, 0.3) is 0 Å². The number of urea groups is 1. The fourth-order valence-corrected chi connectivity index (χ4v) is 4.41. The summed E-state index contributed by atoms with van der Waals surface area (Å²) in [6.45, 7) is 4.73. The molecule has 1 aromatic heterocycles. The normalized spacial score (nSPS) is 16.0. The molecule has 0 bridgehead atoms. The number of carbonyl (C=O) groups excluding carboxylic acids is 2. The number of aryl methyl sites for hydroxylation is 2. The van der Waals surface area contributed by atoms with Crippen molar-refractivity contribution >= 4 is 34.6 Å². The first-order valence-electron chi connectivity index (χ1n) is 10.4. The molecule has 166 valence electrons. The van der Waals surface area contributed by atoms with Crippen LogP contribution < -0.4 is 10.6 Å². The van der Waals surface area contributed by atoms with Gasteiger partial charge >= 0.3 is 6.03 Å². The smallest absolute Gasteiger partial charge is 0.321 e. The van der Waals surface area contributed by atoms with Crippen molar-refractivity contribution in [2.24, 2.45) is 0 Å². The van der Waals surface area contributed by atoms with Crippen LogP contribution in [0.15, 0.2) is 42.5 Å². The zero-order chi connectivity index (χ0) is 22.7. The molecule has 3 aromatic rings. The van der Waals surface area contributed by atoms with Crippen LogP contribution in [0.5, 0.6) is 0 Å². The fraction of sp³-hybridized carbons (Fsp3) is 0.304. The Balaban J connectivity index is 1.38. The number of nitrogens with zero attached hydrogens (tertiary/aromatic N) is 3. The van der Waals surface area contributed by atoms with Crippen molar-refractivity contribution in [2.75, 3.05) is 23.7 Å². The van der Waals surface area contributed by atoms with E-state index in [1.807, 2.05) is 31.2 Å². The average molecular weight is 454 g/mol. The van der Waals surface area contributed by atoms with Gasteiger partial charge in [-0.05, 0) is 56.5 Å². The van der Waals surface area contributed by atoms with Gasteiger partial charge in [-0.1, -0.05) is 35.1 Å². The van der Waals surface area contributed by atoms with E-state index >= 15 is 0 Å². The second-order valence-corrected chi connectivity index (χ2v) is 8.95. The molecular weight excluding hydrogens is 429 g/mol. The minimum Gasteiger partial charge on any atom is -0.324 e.